The number of rotatable bonds is 6. The van der Waals surface area contributed by atoms with Gasteiger partial charge in [-0.25, -0.2) is 0 Å². The Morgan fingerprint density at radius 2 is 1.94 bits per heavy atom. The molecule has 2 atom stereocenters. The van der Waals surface area contributed by atoms with Gasteiger partial charge in [0.25, 0.3) is 0 Å². The fourth-order valence-electron chi connectivity index (χ4n) is 2.42. The van der Waals surface area contributed by atoms with Gasteiger partial charge in [-0.05, 0) is 31.7 Å². The Morgan fingerprint density at radius 1 is 1.19 bits per heavy atom. The Morgan fingerprint density at radius 3 is 2.62 bits per heavy atom. The van der Waals surface area contributed by atoms with E-state index in [1.807, 2.05) is 0 Å². The topological polar surface area (TPSA) is 21.3 Å². The molecule has 0 heterocycles. The molecule has 1 N–H and O–H groups in total. The summed E-state index contributed by atoms with van der Waals surface area (Å²) < 4.78 is 6.08. The van der Waals surface area contributed by atoms with Gasteiger partial charge >= 0.3 is 0 Å². The fraction of sp³-hybridized carbons (Fsp3) is 1.00. The number of ether oxygens (including phenoxy) is 1. The van der Waals surface area contributed by atoms with E-state index >= 15 is 0 Å². The van der Waals surface area contributed by atoms with Gasteiger partial charge in [-0.2, -0.15) is 0 Å². The standard InChI is InChI=1S/C14H29NO/c1-4-15-13-8-6-5-7-9-14(13)16-11-10-12(2)3/h12-15H,4-11H2,1-3H3. The maximum atomic E-state index is 6.08. The van der Waals surface area contributed by atoms with E-state index in [0.717, 1.165) is 19.1 Å². The lowest BCUT2D eigenvalue weighted by Gasteiger charge is -2.26. The molecule has 1 aliphatic rings. The number of likely N-dealkylation sites (N-methyl/N-ethyl adjacent to an activating group) is 1. The van der Waals surface area contributed by atoms with E-state index in [-0.39, 0.29) is 0 Å². The van der Waals surface area contributed by atoms with E-state index in [1.54, 1.807) is 0 Å². The highest BCUT2D eigenvalue weighted by molar-refractivity contribution is 4.79. The van der Waals surface area contributed by atoms with Crippen LogP contribution in [0.15, 0.2) is 0 Å². The lowest BCUT2D eigenvalue weighted by atomic mass is 10.1. The van der Waals surface area contributed by atoms with E-state index in [9.17, 15) is 0 Å². The van der Waals surface area contributed by atoms with Crippen LogP contribution in [0.4, 0.5) is 0 Å². The molecule has 1 rings (SSSR count). The SMILES string of the molecule is CCNC1CCCCCC1OCCC(C)C. The Bertz CT molecular complexity index is 170. The van der Waals surface area contributed by atoms with Crippen LogP contribution < -0.4 is 5.32 Å². The lowest BCUT2D eigenvalue weighted by Crippen LogP contribution is -2.40. The van der Waals surface area contributed by atoms with Gasteiger partial charge in [0.1, 0.15) is 0 Å². The van der Waals surface area contributed by atoms with Crippen LogP contribution in [0.25, 0.3) is 0 Å². The van der Waals surface area contributed by atoms with Crippen molar-refractivity contribution in [2.75, 3.05) is 13.2 Å². The first-order valence-corrected chi connectivity index (χ1v) is 7.09. The second kappa shape index (κ2) is 8.08. The number of nitrogens with one attached hydrogen (secondary N) is 1. The molecule has 0 bridgehead atoms. The number of hydrogen-bond acceptors (Lipinski definition) is 2. The maximum absolute atomic E-state index is 6.08. The minimum absolute atomic E-state index is 0.459. The van der Waals surface area contributed by atoms with Crippen LogP contribution in [0.1, 0.15) is 59.3 Å². The normalized spacial score (nSPS) is 27.0. The lowest BCUT2D eigenvalue weighted by molar-refractivity contribution is 0.0172. The average Bonchev–Trinajstić information content (AvgIpc) is 2.45. The summed E-state index contributed by atoms with van der Waals surface area (Å²) >= 11 is 0. The first-order chi connectivity index (χ1) is 7.74. The molecule has 0 aromatic rings. The monoisotopic (exact) mass is 227 g/mol. The zero-order chi connectivity index (χ0) is 11.8. The molecule has 2 nitrogen and oxygen atoms in total. The molecule has 0 aromatic carbocycles. The third kappa shape index (κ3) is 5.31. The van der Waals surface area contributed by atoms with Crippen LogP contribution in [0.3, 0.4) is 0 Å². The summed E-state index contributed by atoms with van der Waals surface area (Å²) in [6, 6.07) is 0.597. The van der Waals surface area contributed by atoms with Gasteiger partial charge in [-0.1, -0.05) is 40.0 Å². The van der Waals surface area contributed by atoms with Crippen LogP contribution in [0, 0.1) is 5.92 Å². The molecule has 0 aromatic heterocycles. The predicted octanol–water partition coefficient (Wildman–Crippen LogP) is 3.36. The zero-order valence-electron chi connectivity index (χ0n) is 11.3. The van der Waals surface area contributed by atoms with E-state index in [4.69, 9.17) is 4.74 Å². The molecule has 0 spiro atoms. The van der Waals surface area contributed by atoms with Crippen LogP contribution in [-0.4, -0.2) is 25.3 Å². The van der Waals surface area contributed by atoms with Crippen molar-refractivity contribution in [1.82, 2.24) is 5.32 Å². The average molecular weight is 227 g/mol. The minimum atomic E-state index is 0.459. The highest BCUT2D eigenvalue weighted by Gasteiger charge is 2.23. The van der Waals surface area contributed by atoms with Crippen molar-refractivity contribution < 1.29 is 4.74 Å². The first kappa shape index (κ1) is 14.0. The fourth-order valence-corrected chi connectivity index (χ4v) is 2.42. The highest BCUT2D eigenvalue weighted by atomic mass is 16.5. The Balaban J connectivity index is 2.32. The van der Waals surface area contributed by atoms with Crippen molar-refractivity contribution in [1.29, 1.82) is 0 Å². The molecule has 2 heteroatoms. The number of hydrogen-bond donors (Lipinski definition) is 1. The molecule has 1 fully saturated rings. The van der Waals surface area contributed by atoms with Gasteiger partial charge < -0.3 is 10.1 Å². The van der Waals surface area contributed by atoms with Crippen molar-refractivity contribution in [3.63, 3.8) is 0 Å². The highest BCUT2D eigenvalue weighted by Crippen LogP contribution is 2.21. The molecule has 0 radical (unpaired) electrons. The van der Waals surface area contributed by atoms with Crippen LogP contribution in [0.5, 0.6) is 0 Å². The second-order valence-electron chi connectivity index (χ2n) is 5.39. The summed E-state index contributed by atoms with van der Waals surface area (Å²) in [6.45, 7) is 8.71. The maximum Gasteiger partial charge on any atom is 0.0728 e. The molecule has 1 saturated carbocycles. The second-order valence-corrected chi connectivity index (χ2v) is 5.39. The molecule has 16 heavy (non-hydrogen) atoms. The Labute approximate surface area is 101 Å². The predicted molar refractivity (Wildman–Crippen MR) is 69.7 cm³/mol. The molecular formula is C14H29NO. The van der Waals surface area contributed by atoms with Gasteiger partial charge in [-0.15, -0.1) is 0 Å². The van der Waals surface area contributed by atoms with E-state index in [2.05, 4.69) is 26.1 Å². The van der Waals surface area contributed by atoms with Crippen molar-refractivity contribution >= 4 is 0 Å². The summed E-state index contributed by atoms with van der Waals surface area (Å²) in [5, 5.41) is 3.59. The van der Waals surface area contributed by atoms with Crippen LogP contribution in [-0.2, 0) is 4.74 Å². The van der Waals surface area contributed by atoms with Crippen LogP contribution in [0.2, 0.25) is 0 Å². The van der Waals surface area contributed by atoms with Gasteiger partial charge in [0, 0.05) is 12.6 Å². The van der Waals surface area contributed by atoms with Crippen molar-refractivity contribution in [3.05, 3.63) is 0 Å². The van der Waals surface area contributed by atoms with Crippen molar-refractivity contribution in [2.24, 2.45) is 5.92 Å². The molecule has 2 unspecified atom stereocenters. The molecule has 1 aliphatic carbocycles. The molecule has 0 saturated heterocycles. The molecule has 0 amide bonds. The Hall–Kier alpha value is -0.0800. The largest absolute Gasteiger partial charge is 0.377 e. The summed E-state index contributed by atoms with van der Waals surface area (Å²) in [5.74, 6) is 0.753. The summed E-state index contributed by atoms with van der Waals surface area (Å²) in [5.41, 5.74) is 0. The Kier molecular flexibility index (Phi) is 7.06. The zero-order valence-corrected chi connectivity index (χ0v) is 11.3. The van der Waals surface area contributed by atoms with E-state index < -0.39 is 0 Å². The summed E-state index contributed by atoms with van der Waals surface area (Å²) in [4.78, 5) is 0. The third-order valence-electron chi connectivity index (χ3n) is 3.45. The van der Waals surface area contributed by atoms with Crippen molar-refractivity contribution in [2.45, 2.75) is 71.4 Å². The quantitative estimate of drug-likeness (QED) is 0.703. The van der Waals surface area contributed by atoms with Gasteiger partial charge in [-0.3, -0.25) is 0 Å². The summed E-state index contributed by atoms with van der Waals surface area (Å²) in [7, 11) is 0. The molecule has 96 valence electrons. The van der Waals surface area contributed by atoms with Gasteiger partial charge in [0.15, 0.2) is 0 Å². The molecule has 0 aliphatic heterocycles. The van der Waals surface area contributed by atoms with Crippen LogP contribution >= 0.6 is 0 Å². The smallest absolute Gasteiger partial charge is 0.0728 e. The first-order valence-electron chi connectivity index (χ1n) is 7.09. The molecular weight excluding hydrogens is 198 g/mol. The third-order valence-corrected chi connectivity index (χ3v) is 3.45. The van der Waals surface area contributed by atoms with Gasteiger partial charge in [0.05, 0.1) is 6.10 Å². The van der Waals surface area contributed by atoms with Crippen molar-refractivity contribution in [3.8, 4) is 0 Å². The summed E-state index contributed by atoms with van der Waals surface area (Å²) in [6.07, 6.45) is 8.27. The van der Waals surface area contributed by atoms with Gasteiger partial charge in [0.2, 0.25) is 0 Å². The van der Waals surface area contributed by atoms with E-state index in [0.29, 0.717) is 12.1 Å². The minimum Gasteiger partial charge on any atom is -0.377 e. The van der Waals surface area contributed by atoms with E-state index in [1.165, 1.54) is 38.5 Å².